The Labute approximate surface area is 156 Å². The monoisotopic (exact) mass is 352 g/mol. The number of nitrogens with zero attached hydrogens (tertiary/aromatic N) is 1. The van der Waals surface area contributed by atoms with Crippen LogP contribution >= 0.6 is 0 Å². The average Bonchev–Trinajstić information content (AvgIpc) is 3.16. The lowest BCUT2D eigenvalue weighted by Gasteiger charge is -2.28. The highest BCUT2D eigenvalue weighted by atomic mass is 16.5. The van der Waals surface area contributed by atoms with Crippen LogP contribution in [0.4, 0.5) is 0 Å². The first kappa shape index (κ1) is 18.5. The molecule has 1 aliphatic rings. The molecule has 26 heavy (non-hydrogen) atoms. The molecule has 0 spiro atoms. The summed E-state index contributed by atoms with van der Waals surface area (Å²) in [5.41, 5.74) is 4.13. The molecule has 1 aliphatic heterocycles. The van der Waals surface area contributed by atoms with Gasteiger partial charge < -0.3 is 10.1 Å². The van der Waals surface area contributed by atoms with E-state index in [-0.39, 0.29) is 11.9 Å². The van der Waals surface area contributed by atoms with Crippen molar-refractivity contribution in [3.05, 3.63) is 64.7 Å². The minimum Gasteiger partial charge on any atom is -0.497 e. The molecular weight excluding hydrogens is 324 g/mol. The van der Waals surface area contributed by atoms with Crippen LogP contribution in [0.5, 0.6) is 5.75 Å². The highest BCUT2D eigenvalue weighted by Crippen LogP contribution is 2.27. The van der Waals surface area contributed by atoms with Crippen molar-refractivity contribution in [1.29, 1.82) is 0 Å². The molecule has 4 nitrogen and oxygen atoms in total. The van der Waals surface area contributed by atoms with Crippen molar-refractivity contribution >= 4 is 5.91 Å². The Balaban J connectivity index is 1.76. The van der Waals surface area contributed by atoms with Crippen molar-refractivity contribution in [3.63, 3.8) is 0 Å². The van der Waals surface area contributed by atoms with E-state index in [0.29, 0.717) is 6.54 Å². The fourth-order valence-electron chi connectivity index (χ4n) is 3.71. The third-order valence-electron chi connectivity index (χ3n) is 5.14. The maximum absolute atomic E-state index is 12.7. The maximum atomic E-state index is 12.7. The van der Waals surface area contributed by atoms with E-state index in [9.17, 15) is 4.79 Å². The normalized spacial score (nSPS) is 15.7. The van der Waals surface area contributed by atoms with Crippen molar-refractivity contribution in [2.24, 2.45) is 0 Å². The molecule has 138 valence electrons. The van der Waals surface area contributed by atoms with Gasteiger partial charge in [-0.15, -0.1) is 0 Å². The van der Waals surface area contributed by atoms with E-state index in [1.54, 1.807) is 7.11 Å². The molecule has 3 rings (SSSR count). The molecule has 1 saturated heterocycles. The van der Waals surface area contributed by atoms with Crippen LogP contribution in [0.25, 0.3) is 0 Å². The molecule has 1 unspecified atom stereocenters. The molecule has 1 heterocycles. The SMILES string of the molecule is COc1cccc(C(CNC(=O)c2ccc(C)cc2C)N2CCCC2)c1. The zero-order valence-electron chi connectivity index (χ0n) is 15.9. The molecule has 2 aromatic carbocycles. The van der Waals surface area contributed by atoms with Crippen molar-refractivity contribution in [2.45, 2.75) is 32.7 Å². The van der Waals surface area contributed by atoms with Crippen LogP contribution in [0.15, 0.2) is 42.5 Å². The molecule has 1 amide bonds. The number of aryl methyl sites for hydroxylation is 2. The molecule has 0 aromatic heterocycles. The number of nitrogens with one attached hydrogen (secondary N) is 1. The number of hydrogen-bond donors (Lipinski definition) is 1. The Kier molecular flexibility index (Phi) is 5.94. The van der Waals surface area contributed by atoms with Gasteiger partial charge in [0.1, 0.15) is 5.75 Å². The van der Waals surface area contributed by atoms with Crippen LogP contribution in [-0.2, 0) is 0 Å². The average molecular weight is 352 g/mol. The van der Waals surface area contributed by atoms with Gasteiger partial charge >= 0.3 is 0 Å². The molecule has 2 aromatic rings. The van der Waals surface area contributed by atoms with E-state index in [1.165, 1.54) is 24.0 Å². The first-order chi connectivity index (χ1) is 12.6. The molecule has 1 fully saturated rings. The van der Waals surface area contributed by atoms with Crippen LogP contribution in [0, 0.1) is 13.8 Å². The van der Waals surface area contributed by atoms with Gasteiger partial charge in [0.25, 0.3) is 5.91 Å². The summed E-state index contributed by atoms with van der Waals surface area (Å²) in [4.78, 5) is 15.2. The highest BCUT2D eigenvalue weighted by molar-refractivity contribution is 5.95. The summed E-state index contributed by atoms with van der Waals surface area (Å²) in [5, 5.41) is 3.15. The molecule has 0 radical (unpaired) electrons. The summed E-state index contributed by atoms with van der Waals surface area (Å²) in [6.45, 7) is 6.77. The number of hydrogen-bond acceptors (Lipinski definition) is 3. The standard InChI is InChI=1S/C22H28N2O2/c1-16-9-10-20(17(2)13-16)22(25)23-15-21(24-11-4-5-12-24)18-7-6-8-19(14-18)26-3/h6-10,13-14,21H,4-5,11-12,15H2,1-3H3,(H,23,25). The van der Waals surface area contributed by atoms with Gasteiger partial charge in [0.15, 0.2) is 0 Å². The highest BCUT2D eigenvalue weighted by Gasteiger charge is 2.24. The van der Waals surface area contributed by atoms with E-state index < -0.39 is 0 Å². The number of benzene rings is 2. The summed E-state index contributed by atoms with van der Waals surface area (Å²) in [6, 6.07) is 14.3. The van der Waals surface area contributed by atoms with Crippen molar-refractivity contribution < 1.29 is 9.53 Å². The van der Waals surface area contributed by atoms with E-state index >= 15 is 0 Å². The number of carbonyl (C=O) groups is 1. The fraction of sp³-hybridized carbons (Fsp3) is 0.409. The Morgan fingerprint density at radius 2 is 1.92 bits per heavy atom. The van der Waals surface area contributed by atoms with Gasteiger partial charge in [-0.1, -0.05) is 29.8 Å². The van der Waals surface area contributed by atoms with Gasteiger partial charge in [0, 0.05) is 12.1 Å². The molecule has 4 heteroatoms. The van der Waals surface area contributed by atoms with E-state index in [1.807, 2.05) is 38.1 Å². The minimum absolute atomic E-state index is 0.00501. The lowest BCUT2D eigenvalue weighted by atomic mass is 10.0. The van der Waals surface area contributed by atoms with E-state index in [4.69, 9.17) is 4.74 Å². The molecule has 0 aliphatic carbocycles. The van der Waals surface area contributed by atoms with Crippen LogP contribution in [0.1, 0.15) is 45.9 Å². The lowest BCUT2D eigenvalue weighted by Crippen LogP contribution is -2.37. The molecule has 1 atom stereocenters. The van der Waals surface area contributed by atoms with Crippen molar-refractivity contribution in [1.82, 2.24) is 10.2 Å². The first-order valence-corrected chi connectivity index (χ1v) is 9.32. The smallest absolute Gasteiger partial charge is 0.251 e. The summed E-state index contributed by atoms with van der Waals surface area (Å²) in [7, 11) is 1.69. The molecular formula is C22H28N2O2. The van der Waals surface area contributed by atoms with Gasteiger partial charge in [0.2, 0.25) is 0 Å². The van der Waals surface area contributed by atoms with Crippen LogP contribution in [0.2, 0.25) is 0 Å². The third kappa shape index (κ3) is 4.25. The van der Waals surface area contributed by atoms with Gasteiger partial charge in [-0.2, -0.15) is 0 Å². The summed E-state index contributed by atoms with van der Waals surface area (Å²) >= 11 is 0. The lowest BCUT2D eigenvalue weighted by molar-refractivity contribution is 0.0937. The topological polar surface area (TPSA) is 41.6 Å². The summed E-state index contributed by atoms with van der Waals surface area (Å²) < 4.78 is 5.38. The van der Waals surface area contributed by atoms with Crippen LogP contribution in [0.3, 0.4) is 0 Å². The second-order valence-corrected chi connectivity index (χ2v) is 7.06. The number of amides is 1. The van der Waals surface area contributed by atoms with E-state index in [0.717, 1.165) is 30.0 Å². The predicted molar refractivity (Wildman–Crippen MR) is 105 cm³/mol. The summed E-state index contributed by atoms with van der Waals surface area (Å²) in [5.74, 6) is 0.849. The number of rotatable bonds is 6. The first-order valence-electron chi connectivity index (χ1n) is 9.32. The quantitative estimate of drug-likeness (QED) is 0.858. The van der Waals surface area contributed by atoms with Gasteiger partial charge in [-0.05, 0) is 69.1 Å². The summed E-state index contributed by atoms with van der Waals surface area (Å²) in [6.07, 6.45) is 2.43. The number of methoxy groups -OCH3 is 1. The predicted octanol–water partition coefficient (Wildman–Crippen LogP) is 3.88. The van der Waals surface area contributed by atoms with Crippen LogP contribution < -0.4 is 10.1 Å². The zero-order valence-corrected chi connectivity index (χ0v) is 15.9. The maximum Gasteiger partial charge on any atom is 0.251 e. The van der Waals surface area contributed by atoms with Gasteiger partial charge in [0.05, 0.1) is 13.2 Å². The van der Waals surface area contributed by atoms with Gasteiger partial charge in [-0.3, -0.25) is 9.69 Å². The molecule has 1 N–H and O–H groups in total. The third-order valence-corrected chi connectivity index (χ3v) is 5.14. The molecule has 0 saturated carbocycles. The van der Waals surface area contributed by atoms with Crippen LogP contribution in [-0.4, -0.2) is 37.6 Å². The Morgan fingerprint density at radius 3 is 2.62 bits per heavy atom. The zero-order chi connectivity index (χ0) is 18.5. The fourth-order valence-corrected chi connectivity index (χ4v) is 3.71. The van der Waals surface area contributed by atoms with Crippen molar-refractivity contribution in [3.8, 4) is 5.75 Å². The molecule has 0 bridgehead atoms. The van der Waals surface area contributed by atoms with Crippen molar-refractivity contribution in [2.75, 3.05) is 26.7 Å². The second kappa shape index (κ2) is 8.37. The number of carbonyl (C=O) groups excluding carboxylic acids is 1. The number of ether oxygens (including phenoxy) is 1. The van der Waals surface area contributed by atoms with Gasteiger partial charge in [-0.25, -0.2) is 0 Å². The largest absolute Gasteiger partial charge is 0.497 e. The Hall–Kier alpha value is -2.33. The minimum atomic E-state index is -0.00501. The Bertz CT molecular complexity index is 766. The van der Waals surface area contributed by atoms with E-state index in [2.05, 4.69) is 28.4 Å². The number of likely N-dealkylation sites (tertiary alicyclic amines) is 1. The Morgan fingerprint density at radius 1 is 1.15 bits per heavy atom. The second-order valence-electron chi connectivity index (χ2n) is 7.06.